The van der Waals surface area contributed by atoms with E-state index in [1.165, 1.54) is 4.90 Å². The molecule has 1 heterocycles. The summed E-state index contributed by atoms with van der Waals surface area (Å²) in [5, 5.41) is 8.97. The maximum Gasteiger partial charge on any atom is 0.327 e. The number of hydrogen-bond donors (Lipinski definition) is 1. The van der Waals surface area contributed by atoms with Crippen LogP contribution in [0.3, 0.4) is 0 Å². The van der Waals surface area contributed by atoms with E-state index >= 15 is 0 Å². The van der Waals surface area contributed by atoms with Crippen LogP contribution < -0.4 is 0 Å². The van der Waals surface area contributed by atoms with E-state index in [1.54, 1.807) is 23.5 Å². The zero-order valence-electron chi connectivity index (χ0n) is 8.64. The number of nitrogens with zero attached hydrogens (tertiary/aromatic N) is 1. The van der Waals surface area contributed by atoms with Crippen LogP contribution in [-0.2, 0) is 9.59 Å². The van der Waals surface area contributed by atoms with E-state index in [2.05, 4.69) is 0 Å². The molecule has 4 nitrogen and oxygen atoms in total. The molecule has 1 N–H and O–H groups in total. The molecular weight excluding hydrogens is 234 g/mol. The molecule has 0 saturated carbocycles. The summed E-state index contributed by atoms with van der Waals surface area (Å²) in [6.45, 7) is 0.564. The van der Waals surface area contributed by atoms with E-state index in [0.29, 0.717) is 18.7 Å². The van der Waals surface area contributed by atoms with Gasteiger partial charge in [-0.1, -0.05) is 0 Å². The first-order chi connectivity index (χ1) is 7.16. The molecule has 0 aromatic rings. The molecule has 1 rings (SSSR count). The second kappa shape index (κ2) is 6.27. The highest BCUT2D eigenvalue weighted by molar-refractivity contribution is 7.99. The van der Waals surface area contributed by atoms with Gasteiger partial charge in [0.1, 0.15) is 6.04 Å². The van der Waals surface area contributed by atoms with Gasteiger partial charge in [0, 0.05) is 30.2 Å². The molecule has 15 heavy (non-hydrogen) atoms. The minimum Gasteiger partial charge on any atom is -0.480 e. The fourth-order valence-corrected chi connectivity index (χ4v) is 2.86. The van der Waals surface area contributed by atoms with Gasteiger partial charge in [-0.25, -0.2) is 4.79 Å². The highest BCUT2D eigenvalue weighted by Gasteiger charge is 2.31. The largest absolute Gasteiger partial charge is 0.480 e. The summed E-state index contributed by atoms with van der Waals surface area (Å²) in [6.07, 6.45) is 2.38. The Morgan fingerprint density at radius 2 is 2.33 bits per heavy atom. The van der Waals surface area contributed by atoms with Crippen molar-refractivity contribution >= 4 is 35.4 Å². The lowest BCUT2D eigenvalue weighted by atomic mass is 10.2. The SMILES string of the molecule is CSCCC(=O)N1CCSCC1C(=O)O. The second-order valence-electron chi connectivity index (χ2n) is 3.26. The first kappa shape index (κ1) is 12.7. The Kier molecular flexibility index (Phi) is 5.31. The van der Waals surface area contributed by atoms with Gasteiger partial charge >= 0.3 is 5.97 Å². The maximum absolute atomic E-state index is 11.7. The Morgan fingerprint density at radius 1 is 1.60 bits per heavy atom. The quantitative estimate of drug-likeness (QED) is 0.797. The van der Waals surface area contributed by atoms with Crippen LogP contribution in [0.5, 0.6) is 0 Å². The summed E-state index contributed by atoms with van der Waals surface area (Å²) in [7, 11) is 0. The normalized spacial score (nSPS) is 21.4. The third-order valence-electron chi connectivity index (χ3n) is 2.25. The van der Waals surface area contributed by atoms with Crippen LogP contribution >= 0.6 is 23.5 Å². The van der Waals surface area contributed by atoms with Crippen molar-refractivity contribution in [3.05, 3.63) is 0 Å². The highest BCUT2D eigenvalue weighted by atomic mass is 32.2. The highest BCUT2D eigenvalue weighted by Crippen LogP contribution is 2.18. The van der Waals surface area contributed by atoms with Crippen molar-refractivity contribution in [1.82, 2.24) is 4.90 Å². The van der Waals surface area contributed by atoms with Gasteiger partial charge in [-0.2, -0.15) is 23.5 Å². The van der Waals surface area contributed by atoms with Gasteiger partial charge < -0.3 is 10.0 Å². The van der Waals surface area contributed by atoms with Crippen LogP contribution in [0.25, 0.3) is 0 Å². The van der Waals surface area contributed by atoms with Gasteiger partial charge in [0.05, 0.1) is 0 Å². The maximum atomic E-state index is 11.7. The Balaban J connectivity index is 2.55. The molecule has 0 aromatic heterocycles. The third kappa shape index (κ3) is 3.61. The number of carbonyl (C=O) groups excluding carboxylic acids is 1. The molecule has 0 aromatic carbocycles. The predicted octanol–water partition coefficient (Wildman–Crippen LogP) is 0.768. The van der Waals surface area contributed by atoms with Crippen LogP contribution in [0.15, 0.2) is 0 Å². The minimum atomic E-state index is -0.889. The van der Waals surface area contributed by atoms with Crippen molar-refractivity contribution < 1.29 is 14.7 Å². The molecule has 0 bridgehead atoms. The van der Waals surface area contributed by atoms with Crippen molar-refractivity contribution in [3.63, 3.8) is 0 Å². The molecular formula is C9H15NO3S2. The van der Waals surface area contributed by atoms with Crippen molar-refractivity contribution in [1.29, 1.82) is 0 Å². The van der Waals surface area contributed by atoms with Crippen LogP contribution in [0.2, 0.25) is 0 Å². The van der Waals surface area contributed by atoms with Crippen molar-refractivity contribution in [3.8, 4) is 0 Å². The molecule has 1 saturated heterocycles. The molecule has 1 fully saturated rings. The van der Waals surface area contributed by atoms with Gasteiger partial charge in [0.25, 0.3) is 0 Å². The number of amides is 1. The Labute approximate surface area is 97.8 Å². The number of rotatable bonds is 4. The average molecular weight is 249 g/mol. The summed E-state index contributed by atoms with van der Waals surface area (Å²) in [5.41, 5.74) is 0. The number of carboxylic acids is 1. The van der Waals surface area contributed by atoms with Crippen LogP contribution in [0, 0.1) is 0 Å². The molecule has 0 aliphatic carbocycles. The second-order valence-corrected chi connectivity index (χ2v) is 5.39. The summed E-state index contributed by atoms with van der Waals surface area (Å²) >= 11 is 3.20. The molecule has 0 radical (unpaired) electrons. The van der Waals surface area contributed by atoms with E-state index in [4.69, 9.17) is 5.11 Å². The van der Waals surface area contributed by atoms with Crippen LogP contribution in [0.1, 0.15) is 6.42 Å². The summed E-state index contributed by atoms with van der Waals surface area (Å²) < 4.78 is 0. The molecule has 1 atom stereocenters. The van der Waals surface area contributed by atoms with Gasteiger partial charge in [-0.15, -0.1) is 0 Å². The lowest BCUT2D eigenvalue weighted by Gasteiger charge is -2.32. The smallest absolute Gasteiger partial charge is 0.327 e. The molecule has 1 unspecified atom stereocenters. The van der Waals surface area contributed by atoms with E-state index in [0.717, 1.165) is 11.5 Å². The van der Waals surface area contributed by atoms with Crippen molar-refractivity contribution in [2.75, 3.05) is 30.1 Å². The average Bonchev–Trinajstić information content (AvgIpc) is 2.25. The van der Waals surface area contributed by atoms with E-state index in [1.807, 2.05) is 6.26 Å². The first-order valence-corrected chi connectivity index (χ1v) is 7.30. The molecule has 1 amide bonds. The standard InChI is InChI=1S/C9H15NO3S2/c1-14-4-2-8(11)10-3-5-15-6-7(10)9(12)13/h7H,2-6H2,1H3,(H,12,13). The zero-order chi connectivity index (χ0) is 11.3. The Hall–Kier alpha value is -0.360. The fourth-order valence-electron chi connectivity index (χ4n) is 1.44. The number of carbonyl (C=O) groups is 2. The van der Waals surface area contributed by atoms with Crippen LogP contribution in [0.4, 0.5) is 0 Å². The lowest BCUT2D eigenvalue weighted by molar-refractivity contribution is -0.149. The van der Waals surface area contributed by atoms with Crippen molar-refractivity contribution in [2.24, 2.45) is 0 Å². The fraction of sp³-hybridized carbons (Fsp3) is 0.778. The molecule has 0 spiro atoms. The number of hydrogen-bond acceptors (Lipinski definition) is 4. The third-order valence-corrected chi connectivity index (χ3v) is 3.89. The topological polar surface area (TPSA) is 57.6 Å². The predicted molar refractivity (Wildman–Crippen MR) is 63.5 cm³/mol. The summed E-state index contributed by atoms with van der Waals surface area (Å²) in [5.74, 6) is 1.20. The lowest BCUT2D eigenvalue weighted by Crippen LogP contribution is -2.50. The van der Waals surface area contributed by atoms with E-state index in [9.17, 15) is 9.59 Å². The molecule has 6 heteroatoms. The van der Waals surface area contributed by atoms with Gasteiger partial charge in [-0.05, 0) is 6.26 Å². The molecule has 86 valence electrons. The monoisotopic (exact) mass is 249 g/mol. The molecule has 1 aliphatic rings. The van der Waals surface area contributed by atoms with Gasteiger partial charge in [0.2, 0.25) is 5.91 Å². The Morgan fingerprint density at radius 3 is 2.93 bits per heavy atom. The number of aliphatic carboxylic acids is 1. The van der Waals surface area contributed by atoms with E-state index < -0.39 is 12.0 Å². The summed E-state index contributed by atoms with van der Waals surface area (Å²) in [4.78, 5) is 24.2. The zero-order valence-corrected chi connectivity index (χ0v) is 10.3. The van der Waals surface area contributed by atoms with Gasteiger partial charge in [0.15, 0.2) is 0 Å². The number of carboxylic acid groups (broad SMARTS) is 1. The minimum absolute atomic E-state index is 0.0305. The van der Waals surface area contributed by atoms with E-state index in [-0.39, 0.29) is 5.91 Å². The first-order valence-electron chi connectivity index (χ1n) is 4.75. The van der Waals surface area contributed by atoms with Crippen LogP contribution in [-0.4, -0.2) is 58.0 Å². The molecule has 1 aliphatic heterocycles. The van der Waals surface area contributed by atoms with Gasteiger partial charge in [-0.3, -0.25) is 4.79 Å². The Bertz CT molecular complexity index is 248. The van der Waals surface area contributed by atoms with Crippen molar-refractivity contribution in [2.45, 2.75) is 12.5 Å². The number of thioether (sulfide) groups is 2. The summed E-state index contributed by atoms with van der Waals surface area (Å²) in [6, 6.07) is -0.627.